The lowest BCUT2D eigenvalue weighted by Gasteiger charge is -2.13. The minimum Gasteiger partial charge on any atom is -0.366 e. The maximum atomic E-state index is 13.1. The summed E-state index contributed by atoms with van der Waals surface area (Å²) in [6.07, 6.45) is 1.60. The average Bonchev–Trinajstić information content (AvgIpc) is 3.00. The number of rotatable bonds is 7. The monoisotopic (exact) mass is 387 g/mol. The second-order valence-electron chi connectivity index (χ2n) is 7.54. The van der Waals surface area contributed by atoms with Gasteiger partial charge in [-0.05, 0) is 30.2 Å². The smallest absolute Gasteiger partial charge is 0.248 e. The van der Waals surface area contributed by atoms with Gasteiger partial charge in [0.25, 0.3) is 0 Å². The molecule has 0 unspecified atom stereocenters. The van der Waals surface area contributed by atoms with Gasteiger partial charge in [-0.15, -0.1) is 0 Å². The van der Waals surface area contributed by atoms with Gasteiger partial charge >= 0.3 is 0 Å². The first kappa shape index (κ1) is 20.3. The van der Waals surface area contributed by atoms with Gasteiger partial charge in [-0.1, -0.05) is 51.5 Å². The van der Waals surface area contributed by atoms with Crippen molar-refractivity contribution in [2.24, 2.45) is 11.7 Å². The summed E-state index contributed by atoms with van der Waals surface area (Å²) in [7, 11) is 0. The highest BCUT2D eigenvalue weighted by Gasteiger charge is 2.24. The highest BCUT2D eigenvalue weighted by Crippen LogP contribution is 2.31. The van der Waals surface area contributed by atoms with Crippen LogP contribution in [0.25, 0.3) is 10.9 Å². The zero-order chi connectivity index (χ0) is 21.1. The van der Waals surface area contributed by atoms with Crippen LogP contribution in [0.1, 0.15) is 64.7 Å². The number of Topliss-reactive ketones (excluding diaryl/α,β-unsaturated/α-hetero) is 1. The van der Waals surface area contributed by atoms with Crippen molar-refractivity contribution in [1.29, 1.82) is 5.26 Å². The van der Waals surface area contributed by atoms with Crippen LogP contribution in [0.15, 0.2) is 42.5 Å². The third-order valence-corrected chi connectivity index (χ3v) is 5.18. The quantitative estimate of drug-likeness (QED) is 0.607. The van der Waals surface area contributed by atoms with E-state index in [4.69, 9.17) is 5.73 Å². The molecule has 2 aromatic carbocycles. The Morgan fingerprint density at radius 1 is 1.17 bits per heavy atom. The van der Waals surface area contributed by atoms with Crippen molar-refractivity contribution >= 4 is 22.6 Å². The molecule has 148 valence electrons. The number of primary amides is 1. The van der Waals surface area contributed by atoms with Crippen molar-refractivity contribution in [1.82, 2.24) is 4.57 Å². The number of hydrogen-bond acceptors (Lipinski definition) is 3. The van der Waals surface area contributed by atoms with Crippen LogP contribution in [0.2, 0.25) is 0 Å². The molecule has 2 N–H and O–H groups in total. The fourth-order valence-electron chi connectivity index (χ4n) is 3.73. The van der Waals surface area contributed by atoms with Gasteiger partial charge in [0.05, 0.1) is 17.1 Å². The van der Waals surface area contributed by atoms with E-state index in [1.54, 1.807) is 18.2 Å². The van der Waals surface area contributed by atoms with E-state index in [2.05, 4.69) is 17.6 Å². The number of amides is 1. The predicted octanol–water partition coefficient (Wildman–Crippen LogP) is 4.45. The van der Waals surface area contributed by atoms with Crippen LogP contribution in [0.3, 0.4) is 0 Å². The first-order valence-corrected chi connectivity index (χ1v) is 9.86. The molecule has 0 bridgehead atoms. The molecule has 3 aromatic rings. The molecule has 1 heterocycles. The van der Waals surface area contributed by atoms with Crippen LogP contribution in [-0.2, 0) is 13.0 Å². The Bertz CT molecular complexity index is 1130. The van der Waals surface area contributed by atoms with Crippen molar-refractivity contribution in [3.63, 3.8) is 0 Å². The fraction of sp³-hybridized carbons (Fsp3) is 0.292. The lowest BCUT2D eigenvalue weighted by atomic mass is 9.96. The Morgan fingerprint density at radius 2 is 1.90 bits per heavy atom. The zero-order valence-corrected chi connectivity index (χ0v) is 17.0. The number of nitrogens with zero attached hydrogens (tertiary/aromatic N) is 2. The minimum atomic E-state index is -0.508. The van der Waals surface area contributed by atoms with Crippen LogP contribution >= 0.6 is 0 Å². The molecular weight excluding hydrogens is 362 g/mol. The maximum absolute atomic E-state index is 13.1. The Labute approximate surface area is 170 Å². The molecular formula is C24H25N3O2. The normalized spacial score (nSPS) is 11.0. The van der Waals surface area contributed by atoms with Crippen molar-refractivity contribution in [2.45, 2.75) is 40.2 Å². The summed E-state index contributed by atoms with van der Waals surface area (Å²) in [5.74, 6) is -0.574. The zero-order valence-electron chi connectivity index (χ0n) is 17.0. The highest BCUT2D eigenvalue weighted by molar-refractivity contribution is 6.11. The Morgan fingerprint density at radius 3 is 2.52 bits per heavy atom. The number of nitrogens with two attached hydrogens (primary N) is 1. The molecule has 5 nitrogen and oxygen atoms in total. The van der Waals surface area contributed by atoms with Gasteiger partial charge < -0.3 is 10.3 Å². The molecule has 0 atom stereocenters. The summed E-state index contributed by atoms with van der Waals surface area (Å²) in [6, 6.07) is 14.9. The number of carbonyl (C=O) groups excluding carboxylic acids is 2. The number of ketones is 1. The van der Waals surface area contributed by atoms with Crippen LogP contribution < -0.4 is 5.73 Å². The van der Waals surface area contributed by atoms with Crippen LogP contribution in [0.5, 0.6) is 0 Å². The van der Waals surface area contributed by atoms with E-state index in [0.717, 1.165) is 35.0 Å². The third kappa shape index (κ3) is 3.79. The van der Waals surface area contributed by atoms with E-state index >= 15 is 0 Å². The molecule has 0 aliphatic heterocycles. The molecule has 5 heteroatoms. The Hall–Kier alpha value is -3.39. The average molecular weight is 387 g/mol. The van der Waals surface area contributed by atoms with Gasteiger partial charge in [-0.3, -0.25) is 9.59 Å². The van der Waals surface area contributed by atoms with Gasteiger partial charge in [0.1, 0.15) is 0 Å². The van der Waals surface area contributed by atoms with Gasteiger partial charge in [-0.2, -0.15) is 5.26 Å². The summed E-state index contributed by atoms with van der Waals surface area (Å²) in [6.45, 7) is 6.31. The summed E-state index contributed by atoms with van der Waals surface area (Å²) < 4.78 is 2.07. The fourth-order valence-corrected chi connectivity index (χ4v) is 3.73. The van der Waals surface area contributed by atoms with E-state index in [0.29, 0.717) is 23.2 Å². The molecule has 1 amide bonds. The summed E-state index contributed by atoms with van der Waals surface area (Å²) in [4.78, 5) is 24.9. The summed E-state index contributed by atoms with van der Waals surface area (Å²) in [5.41, 5.74) is 9.82. The van der Waals surface area contributed by atoms with E-state index < -0.39 is 5.91 Å². The molecule has 0 spiro atoms. The van der Waals surface area contributed by atoms with Crippen LogP contribution in [-0.4, -0.2) is 16.3 Å². The predicted molar refractivity (Wildman–Crippen MR) is 114 cm³/mol. The lowest BCUT2D eigenvalue weighted by Crippen LogP contribution is -2.13. The van der Waals surface area contributed by atoms with Gasteiger partial charge in [0, 0.05) is 34.7 Å². The molecule has 3 rings (SSSR count). The number of carbonyl (C=O) groups is 2. The van der Waals surface area contributed by atoms with Crippen molar-refractivity contribution in [3.05, 3.63) is 70.4 Å². The van der Waals surface area contributed by atoms with Gasteiger partial charge in [-0.25, -0.2) is 0 Å². The summed E-state index contributed by atoms with van der Waals surface area (Å²) >= 11 is 0. The second kappa shape index (κ2) is 8.32. The highest BCUT2D eigenvalue weighted by atomic mass is 16.1. The molecule has 1 aromatic heterocycles. The Balaban J connectivity index is 2.34. The first-order chi connectivity index (χ1) is 13.9. The van der Waals surface area contributed by atoms with E-state index in [-0.39, 0.29) is 11.7 Å². The number of nitriles is 1. The second-order valence-corrected chi connectivity index (χ2v) is 7.54. The van der Waals surface area contributed by atoms with Crippen molar-refractivity contribution in [3.8, 4) is 6.07 Å². The van der Waals surface area contributed by atoms with E-state index in [1.807, 2.05) is 38.1 Å². The first-order valence-electron chi connectivity index (χ1n) is 9.86. The van der Waals surface area contributed by atoms with Crippen molar-refractivity contribution in [2.75, 3.05) is 0 Å². The molecule has 0 radical (unpaired) electrons. The van der Waals surface area contributed by atoms with E-state index in [9.17, 15) is 14.9 Å². The SMILES string of the molecule is CCCc1c(C(=O)C(C)C)c2ccc(C(N)=O)cc2n1Cc1ccccc1C#N. The number of fused-ring (bicyclic) bond motifs is 1. The minimum absolute atomic E-state index is 0.0811. The third-order valence-electron chi connectivity index (χ3n) is 5.18. The Kier molecular flexibility index (Phi) is 5.84. The van der Waals surface area contributed by atoms with Crippen LogP contribution in [0.4, 0.5) is 0 Å². The molecule has 29 heavy (non-hydrogen) atoms. The number of benzene rings is 2. The van der Waals surface area contributed by atoms with E-state index in [1.165, 1.54) is 0 Å². The standard InChI is InChI=1S/C24H25N3O2/c1-4-7-20-22(23(28)15(2)3)19-11-10-16(24(26)29)12-21(19)27(20)14-18-9-6-5-8-17(18)13-25/h5-6,8-12,15H,4,7,14H2,1-3H3,(H2,26,29). The molecule has 0 saturated carbocycles. The van der Waals surface area contributed by atoms with Crippen LogP contribution in [0, 0.1) is 17.2 Å². The van der Waals surface area contributed by atoms with Gasteiger partial charge in [0.15, 0.2) is 5.78 Å². The molecule has 0 fully saturated rings. The molecule has 0 aliphatic carbocycles. The molecule has 0 aliphatic rings. The number of hydrogen-bond donors (Lipinski definition) is 1. The molecule has 0 saturated heterocycles. The topological polar surface area (TPSA) is 88.9 Å². The lowest BCUT2D eigenvalue weighted by molar-refractivity contribution is 0.0939. The van der Waals surface area contributed by atoms with Crippen molar-refractivity contribution < 1.29 is 9.59 Å². The maximum Gasteiger partial charge on any atom is 0.248 e. The number of aromatic nitrogens is 1. The van der Waals surface area contributed by atoms with Gasteiger partial charge in [0.2, 0.25) is 5.91 Å². The largest absolute Gasteiger partial charge is 0.366 e. The summed E-state index contributed by atoms with van der Waals surface area (Å²) in [5, 5.41) is 10.3.